The summed E-state index contributed by atoms with van der Waals surface area (Å²) in [4.78, 5) is 22.5. The van der Waals surface area contributed by atoms with Crippen LogP contribution in [0.15, 0.2) is 66.9 Å². The van der Waals surface area contributed by atoms with Gasteiger partial charge in [0, 0.05) is 77.3 Å². The van der Waals surface area contributed by atoms with E-state index in [1.807, 2.05) is 58.1 Å². The van der Waals surface area contributed by atoms with Crippen molar-refractivity contribution in [3.05, 3.63) is 83.1 Å². The summed E-state index contributed by atoms with van der Waals surface area (Å²) in [5, 5.41) is 10.4. The lowest BCUT2D eigenvalue weighted by molar-refractivity contribution is 0.0734. The lowest BCUT2D eigenvalue weighted by Gasteiger charge is -2.36. The zero-order valence-corrected chi connectivity index (χ0v) is 21.4. The summed E-state index contributed by atoms with van der Waals surface area (Å²) in [6.45, 7) is 7.93. The fourth-order valence-electron chi connectivity index (χ4n) is 5.21. The van der Waals surface area contributed by atoms with Gasteiger partial charge in [-0.3, -0.25) is 9.69 Å². The molecule has 2 aliphatic rings. The molecule has 0 aliphatic carbocycles. The summed E-state index contributed by atoms with van der Waals surface area (Å²) in [7, 11) is 0. The molecule has 2 aromatic carbocycles. The van der Waals surface area contributed by atoms with Crippen molar-refractivity contribution in [3.63, 3.8) is 0 Å². The second-order valence-corrected chi connectivity index (χ2v) is 9.89. The van der Waals surface area contributed by atoms with Crippen molar-refractivity contribution in [3.8, 4) is 0 Å². The van der Waals surface area contributed by atoms with E-state index in [0.717, 1.165) is 62.1 Å². The zero-order chi connectivity index (χ0) is 24.9. The highest BCUT2D eigenvalue weighted by atomic mass is 35.5. The second-order valence-electron chi connectivity index (χ2n) is 9.48. The van der Waals surface area contributed by atoms with Gasteiger partial charge in [-0.25, -0.2) is 0 Å². The molecule has 0 saturated carbocycles. The minimum absolute atomic E-state index is 0.00664. The number of benzene rings is 2. The van der Waals surface area contributed by atoms with Crippen LogP contribution in [0.3, 0.4) is 0 Å². The van der Waals surface area contributed by atoms with E-state index in [1.54, 1.807) is 0 Å². The van der Waals surface area contributed by atoms with E-state index in [1.165, 1.54) is 5.69 Å². The Labute approximate surface area is 218 Å². The summed E-state index contributed by atoms with van der Waals surface area (Å²) >= 11 is 6.39. The first-order chi connectivity index (χ1) is 17.6. The highest BCUT2D eigenvalue weighted by Gasteiger charge is 2.26. The SMILES string of the molecule is O=C(c1cc(CN2CCN(c3ccccc3Cl)CC2)cn1CCO)N1CCN(c2ccccc2)CC1. The van der Waals surface area contributed by atoms with Gasteiger partial charge in [0.2, 0.25) is 0 Å². The molecule has 8 heteroatoms. The average Bonchev–Trinajstić information content (AvgIpc) is 3.32. The number of anilines is 2. The van der Waals surface area contributed by atoms with Crippen LogP contribution in [0, 0.1) is 0 Å². The van der Waals surface area contributed by atoms with Gasteiger partial charge in [0.15, 0.2) is 0 Å². The fraction of sp³-hybridized carbons (Fsp3) is 0.393. The van der Waals surface area contributed by atoms with Crippen molar-refractivity contribution >= 4 is 28.9 Å². The van der Waals surface area contributed by atoms with Crippen LogP contribution in [0.4, 0.5) is 11.4 Å². The number of carbonyl (C=O) groups is 1. The van der Waals surface area contributed by atoms with Crippen molar-refractivity contribution in [1.82, 2.24) is 14.4 Å². The maximum atomic E-state index is 13.4. The summed E-state index contributed by atoms with van der Waals surface area (Å²) in [6, 6.07) is 20.4. The van der Waals surface area contributed by atoms with Crippen LogP contribution in [0.2, 0.25) is 5.02 Å². The zero-order valence-electron chi connectivity index (χ0n) is 20.6. The molecule has 36 heavy (non-hydrogen) atoms. The number of carbonyl (C=O) groups excluding carboxylic acids is 1. The van der Waals surface area contributed by atoms with Gasteiger partial charge < -0.3 is 24.4 Å². The second kappa shape index (κ2) is 11.4. The molecule has 0 unspecified atom stereocenters. The summed E-state index contributed by atoms with van der Waals surface area (Å²) in [5.74, 6) is 0.0472. The normalized spacial score (nSPS) is 17.0. The van der Waals surface area contributed by atoms with Crippen LogP contribution < -0.4 is 9.80 Å². The molecule has 0 atom stereocenters. The first-order valence-corrected chi connectivity index (χ1v) is 13.1. The van der Waals surface area contributed by atoms with Crippen molar-refractivity contribution in [2.45, 2.75) is 13.1 Å². The standard InChI is InChI=1S/C28H34ClN5O2/c29-25-8-4-5-9-26(25)32-12-10-30(11-13-32)21-23-20-27(34(22-23)18-19-35)28(36)33-16-14-31(15-17-33)24-6-2-1-3-7-24/h1-9,20,22,35H,10-19,21H2. The van der Waals surface area contributed by atoms with Crippen molar-refractivity contribution in [1.29, 1.82) is 0 Å². The van der Waals surface area contributed by atoms with Gasteiger partial charge in [0.1, 0.15) is 5.69 Å². The third kappa shape index (κ3) is 5.53. The van der Waals surface area contributed by atoms with Gasteiger partial charge in [-0.2, -0.15) is 0 Å². The Balaban J connectivity index is 1.20. The average molecular weight is 508 g/mol. The molecule has 2 saturated heterocycles. The van der Waals surface area contributed by atoms with E-state index in [9.17, 15) is 9.90 Å². The number of hydrogen-bond acceptors (Lipinski definition) is 5. The first-order valence-electron chi connectivity index (χ1n) is 12.7. The summed E-state index contributed by atoms with van der Waals surface area (Å²) < 4.78 is 1.92. The van der Waals surface area contributed by atoms with E-state index in [-0.39, 0.29) is 12.5 Å². The van der Waals surface area contributed by atoms with Crippen molar-refractivity contribution in [2.75, 3.05) is 68.8 Å². The van der Waals surface area contributed by atoms with E-state index in [0.29, 0.717) is 25.3 Å². The van der Waals surface area contributed by atoms with E-state index < -0.39 is 0 Å². The van der Waals surface area contributed by atoms with Crippen LogP contribution in [0.5, 0.6) is 0 Å². The molecule has 3 aromatic rings. The quantitative estimate of drug-likeness (QED) is 0.531. The summed E-state index contributed by atoms with van der Waals surface area (Å²) in [6.07, 6.45) is 2.03. The Kier molecular flexibility index (Phi) is 7.80. The maximum Gasteiger partial charge on any atom is 0.270 e. The molecule has 1 N–H and O–H groups in total. The maximum absolute atomic E-state index is 13.4. The highest BCUT2D eigenvalue weighted by Crippen LogP contribution is 2.26. The van der Waals surface area contributed by atoms with E-state index in [4.69, 9.17) is 11.6 Å². The Bertz CT molecular complexity index is 1150. The molecule has 0 bridgehead atoms. The number of halogens is 1. The largest absolute Gasteiger partial charge is 0.395 e. The van der Waals surface area contributed by atoms with Crippen LogP contribution in [-0.4, -0.2) is 84.3 Å². The lowest BCUT2D eigenvalue weighted by Crippen LogP contribution is -2.49. The van der Waals surface area contributed by atoms with E-state index >= 15 is 0 Å². The highest BCUT2D eigenvalue weighted by molar-refractivity contribution is 6.33. The molecule has 1 aromatic heterocycles. The van der Waals surface area contributed by atoms with Gasteiger partial charge in [0.25, 0.3) is 5.91 Å². The molecule has 1 amide bonds. The summed E-state index contributed by atoms with van der Waals surface area (Å²) in [5.41, 5.74) is 4.07. The fourth-order valence-corrected chi connectivity index (χ4v) is 5.47. The smallest absolute Gasteiger partial charge is 0.270 e. The Morgan fingerprint density at radius 2 is 1.50 bits per heavy atom. The van der Waals surface area contributed by atoms with Gasteiger partial charge in [0.05, 0.1) is 17.3 Å². The number of para-hydroxylation sites is 2. The monoisotopic (exact) mass is 507 g/mol. The Morgan fingerprint density at radius 3 is 2.19 bits per heavy atom. The number of rotatable bonds is 7. The van der Waals surface area contributed by atoms with Gasteiger partial charge in [-0.1, -0.05) is 41.9 Å². The van der Waals surface area contributed by atoms with Crippen molar-refractivity contribution < 1.29 is 9.90 Å². The third-order valence-corrected chi connectivity index (χ3v) is 7.49. The number of amides is 1. The van der Waals surface area contributed by atoms with Gasteiger partial charge in [-0.15, -0.1) is 0 Å². The van der Waals surface area contributed by atoms with Crippen LogP contribution in [-0.2, 0) is 13.1 Å². The third-order valence-electron chi connectivity index (χ3n) is 7.17. The molecular weight excluding hydrogens is 474 g/mol. The number of nitrogens with zero attached hydrogens (tertiary/aromatic N) is 5. The number of aliphatic hydroxyl groups is 1. The van der Waals surface area contributed by atoms with Crippen LogP contribution >= 0.6 is 11.6 Å². The Morgan fingerprint density at radius 1 is 0.833 bits per heavy atom. The first kappa shape index (κ1) is 24.7. The van der Waals surface area contributed by atoms with Crippen LogP contribution in [0.1, 0.15) is 16.1 Å². The molecule has 3 heterocycles. The molecule has 5 rings (SSSR count). The molecule has 190 valence electrons. The number of hydrogen-bond donors (Lipinski definition) is 1. The lowest BCUT2D eigenvalue weighted by atomic mass is 10.2. The number of piperazine rings is 2. The van der Waals surface area contributed by atoms with Gasteiger partial charge >= 0.3 is 0 Å². The topological polar surface area (TPSA) is 55.2 Å². The van der Waals surface area contributed by atoms with Crippen molar-refractivity contribution in [2.24, 2.45) is 0 Å². The number of aromatic nitrogens is 1. The molecule has 0 spiro atoms. The number of aliphatic hydroxyl groups excluding tert-OH is 1. The van der Waals surface area contributed by atoms with E-state index in [2.05, 4.69) is 32.9 Å². The minimum Gasteiger partial charge on any atom is -0.395 e. The molecule has 0 radical (unpaired) electrons. The predicted molar refractivity (Wildman–Crippen MR) is 145 cm³/mol. The molecular formula is C28H34ClN5O2. The molecule has 2 fully saturated rings. The molecule has 7 nitrogen and oxygen atoms in total. The van der Waals surface area contributed by atoms with Gasteiger partial charge in [-0.05, 0) is 35.9 Å². The minimum atomic E-state index is 0.00664. The Hall–Kier alpha value is -3.00. The predicted octanol–water partition coefficient (Wildman–Crippen LogP) is 3.42. The molecule has 2 aliphatic heterocycles. The van der Waals surface area contributed by atoms with Crippen LogP contribution in [0.25, 0.3) is 0 Å².